The largest absolute Gasteiger partial charge is 0.330 e. The summed E-state index contributed by atoms with van der Waals surface area (Å²) in [7, 11) is 0. The van der Waals surface area contributed by atoms with E-state index in [1.165, 1.54) is 51.4 Å². The van der Waals surface area contributed by atoms with Crippen molar-refractivity contribution in [2.45, 2.75) is 58.3 Å². The van der Waals surface area contributed by atoms with E-state index in [-0.39, 0.29) is 0 Å². The maximum atomic E-state index is 5.78. The van der Waals surface area contributed by atoms with Crippen molar-refractivity contribution in [2.24, 2.45) is 17.6 Å². The molecule has 0 aliphatic heterocycles. The molecule has 0 heterocycles. The lowest BCUT2D eigenvalue weighted by Gasteiger charge is -2.25. The third kappa shape index (κ3) is 4.12. The van der Waals surface area contributed by atoms with Crippen LogP contribution < -0.4 is 5.73 Å². The van der Waals surface area contributed by atoms with Crippen LogP contribution in [-0.2, 0) is 0 Å². The van der Waals surface area contributed by atoms with E-state index in [4.69, 9.17) is 5.73 Å². The van der Waals surface area contributed by atoms with Crippen LogP contribution in [0.4, 0.5) is 0 Å². The van der Waals surface area contributed by atoms with E-state index in [0.717, 1.165) is 18.4 Å². The van der Waals surface area contributed by atoms with Gasteiger partial charge in [-0.15, -0.1) is 0 Å². The van der Waals surface area contributed by atoms with Gasteiger partial charge in [-0.3, -0.25) is 0 Å². The Bertz CT molecular complexity index is 114. The third-order valence-corrected chi connectivity index (χ3v) is 3.42. The van der Waals surface area contributed by atoms with Gasteiger partial charge in [0.15, 0.2) is 0 Å². The standard InChI is InChI=1S/C12H25N/c1-2-6-12(10-13)9-11-7-4-3-5-8-11/h11-12H,2-10,13H2,1H3. The molecule has 0 spiro atoms. The maximum Gasteiger partial charge on any atom is -0.00488 e. The van der Waals surface area contributed by atoms with Crippen LogP contribution >= 0.6 is 0 Å². The van der Waals surface area contributed by atoms with E-state index < -0.39 is 0 Å². The third-order valence-electron chi connectivity index (χ3n) is 3.42. The van der Waals surface area contributed by atoms with Crippen molar-refractivity contribution >= 4 is 0 Å². The van der Waals surface area contributed by atoms with Gasteiger partial charge >= 0.3 is 0 Å². The maximum absolute atomic E-state index is 5.78. The molecule has 78 valence electrons. The summed E-state index contributed by atoms with van der Waals surface area (Å²) in [5.74, 6) is 1.82. The second-order valence-electron chi connectivity index (χ2n) is 4.63. The van der Waals surface area contributed by atoms with Crippen LogP contribution in [0.5, 0.6) is 0 Å². The molecule has 0 amide bonds. The van der Waals surface area contributed by atoms with Crippen LogP contribution in [0.25, 0.3) is 0 Å². The highest BCUT2D eigenvalue weighted by atomic mass is 14.5. The molecule has 1 aliphatic carbocycles. The van der Waals surface area contributed by atoms with Gasteiger partial charge in [-0.25, -0.2) is 0 Å². The molecule has 1 nitrogen and oxygen atoms in total. The molecule has 1 rings (SSSR count). The van der Waals surface area contributed by atoms with Gasteiger partial charge in [-0.1, -0.05) is 45.4 Å². The van der Waals surface area contributed by atoms with Crippen molar-refractivity contribution in [3.63, 3.8) is 0 Å². The lowest BCUT2D eigenvalue weighted by molar-refractivity contribution is 0.281. The topological polar surface area (TPSA) is 26.0 Å². The molecule has 0 aromatic heterocycles. The average molecular weight is 183 g/mol. The van der Waals surface area contributed by atoms with Gasteiger partial charge in [0.1, 0.15) is 0 Å². The van der Waals surface area contributed by atoms with Crippen LogP contribution in [0.15, 0.2) is 0 Å². The monoisotopic (exact) mass is 183 g/mol. The second-order valence-corrected chi connectivity index (χ2v) is 4.63. The predicted octanol–water partition coefficient (Wildman–Crippen LogP) is 3.33. The van der Waals surface area contributed by atoms with Gasteiger partial charge in [0, 0.05) is 0 Å². The van der Waals surface area contributed by atoms with Crippen LogP contribution in [0, 0.1) is 11.8 Å². The lowest BCUT2D eigenvalue weighted by Crippen LogP contribution is -2.19. The molecular formula is C12H25N. The highest BCUT2D eigenvalue weighted by Gasteiger charge is 2.17. The Balaban J connectivity index is 2.18. The first-order chi connectivity index (χ1) is 6.36. The quantitative estimate of drug-likeness (QED) is 0.695. The van der Waals surface area contributed by atoms with Gasteiger partial charge in [0.05, 0.1) is 0 Å². The number of hydrogen-bond acceptors (Lipinski definition) is 1. The van der Waals surface area contributed by atoms with Gasteiger partial charge in [-0.05, 0) is 31.2 Å². The molecule has 1 atom stereocenters. The van der Waals surface area contributed by atoms with Crippen LogP contribution in [0.3, 0.4) is 0 Å². The van der Waals surface area contributed by atoms with E-state index in [2.05, 4.69) is 6.92 Å². The summed E-state index contributed by atoms with van der Waals surface area (Å²) >= 11 is 0. The molecule has 0 bridgehead atoms. The minimum absolute atomic E-state index is 0.813. The van der Waals surface area contributed by atoms with E-state index in [1.807, 2.05) is 0 Å². The molecule has 1 unspecified atom stereocenters. The fraction of sp³-hybridized carbons (Fsp3) is 1.00. The van der Waals surface area contributed by atoms with E-state index in [1.54, 1.807) is 0 Å². The summed E-state index contributed by atoms with van der Waals surface area (Å²) in [5.41, 5.74) is 5.78. The van der Waals surface area contributed by atoms with Crippen molar-refractivity contribution < 1.29 is 0 Å². The molecular weight excluding hydrogens is 158 g/mol. The fourth-order valence-electron chi connectivity index (χ4n) is 2.63. The smallest absolute Gasteiger partial charge is 0.00488 e. The zero-order chi connectivity index (χ0) is 9.52. The number of nitrogens with two attached hydrogens (primary N) is 1. The van der Waals surface area contributed by atoms with Crippen molar-refractivity contribution in [1.82, 2.24) is 0 Å². The summed E-state index contributed by atoms with van der Waals surface area (Å²) in [6.07, 6.45) is 11.4. The van der Waals surface area contributed by atoms with Gasteiger partial charge in [0.2, 0.25) is 0 Å². The molecule has 0 saturated heterocycles. The van der Waals surface area contributed by atoms with Crippen LogP contribution in [-0.4, -0.2) is 6.54 Å². The van der Waals surface area contributed by atoms with E-state index in [9.17, 15) is 0 Å². The highest BCUT2D eigenvalue weighted by Crippen LogP contribution is 2.29. The Morgan fingerprint density at radius 1 is 1.23 bits per heavy atom. The molecule has 0 aromatic carbocycles. The van der Waals surface area contributed by atoms with Crippen LogP contribution in [0.2, 0.25) is 0 Å². The molecule has 0 radical (unpaired) electrons. The molecule has 1 aliphatic rings. The predicted molar refractivity (Wildman–Crippen MR) is 58.6 cm³/mol. The summed E-state index contributed by atoms with van der Waals surface area (Å²) in [6, 6.07) is 0. The van der Waals surface area contributed by atoms with Crippen molar-refractivity contribution in [1.29, 1.82) is 0 Å². The minimum atomic E-state index is 0.813. The Morgan fingerprint density at radius 2 is 1.92 bits per heavy atom. The Morgan fingerprint density at radius 3 is 2.46 bits per heavy atom. The lowest BCUT2D eigenvalue weighted by atomic mass is 9.81. The second kappa shape index (κ2) is 6.42. The molecule has 2 N–H and O–H groups in total. The van der Waals surface area contributed by atoms with Crippen molar-refractivity contribution in [3.8, 4) is 0 Å². The molecule has 1 fully saturated rings. The van der Waals surface area contributed by atoms with Crippen molar-refractivity contribution in [2.75, 3.05) is 6.54 Å². The average Bonchev–Trinajstić information content (AvgIpc) is 2.19. The minimum Gasteiger partial charge on any atom is -0.330 e. The summed E-state index contributed by atoms with van der Waals surface area (Å²) in [5, 5.41) is 0. The van der Waals surface area contributed by atoms with Gasteiger partial charge in [0.25, 0.3) is 0 Å². The summed E-state index contributed by atoms with van der Waals surface area (Å²) in [4.78, 5) is 0. The van der Waals surface area contributed by atoms with E-state index in [0.29, 0.717) is 0 Å². The van der Waals surface area contributed by atoms with Gasteiger partial charge in [-0.2, -0.15) is 0 Å². The highest BCUT2D eigenvalue weighted by molar-refractivity contribution is 4.70. The van der Waals surface area contributed by atoms with Gasteiger partial charge < -0.3 is 5.73 Å². The SMILES string of the molecule is CCCC(CN)CC1CCCCC1. The Hall–Kier alpha value is -0.0400. The van der Waals surface area contributed by atoms with E-state index >= 15 is 0 Å². The zero-order valence-corrected chi connectivity index (χ0v) is 9.10. The number of hydrogen-bond donors (Lipinski definition) is 1. The Kier molecular flexibility index (Phi) is 5.45. The van der Waals surface area contributed by atoms with Crippen molar-refractivity contribution in [3.05, 3.63) is 0 Å². The summed E-state index contributed by atoms with van der Waals surface area (Å²) in [6.45, 7) is 3.17. The first-order valence-electron chi connectivity index (χ1n) is 6.06. The zero-order valence-electron chi connectivity index (χ0n) is 9.10. The Labute approximate surface area is 83.1 Å². The fourth-order valence-corrected chi connectivity index (χ4v) is 2.63. The molecule has 1 saturated carbocycles. The molecule has 13 heavy (non-hydrogen) atoms. The van der Waals surface area contributed by atoms with Crippen LogP contribution in [0.1, 0.15) is 58.3 Å². The number of rotatable bonds is 5. The molecule has 0 aromatic rings. The summed E-state index contributed by atoms with van der Waals surface area (Å²) < 4.78 is 0. The first kappa shape index (κ1) is 11.0. The first-order valence-corrected chi connectivity index (χ1v) is 6.06. The normalized spacial score (nSPS) is 21.7. The molecule has 1 heteroatoms.